The van der Waals surface area contributed by atoms with Crippen LogP contribution in [0, 0.1) is 5.41 Å². The highest BCUT2D eigenvalue weighted by Crippen LogP contribution is 2.31. The molecule has 0 aromatic rings. The number of rotatable bonds is 4. The first-order chi connectivity index (χ1) is 7.37. The molecule has 0 aromatic heterocycles. The van der Waals surface area contributed by atoms with E-state index in [9.17, 15) is 0 Å². The van der Waals surface area contributed by atoms with Gasteiger partial charge in [-0.3, -0.25) is 4.99 Å². The Morgan fingerprint density at radius 2 is 2.12 bits per heavy atom. The standard InChI is InChI=1S/C12H25N3S/c1-12(2,3)8-10-9-14-11(16-10)13-6-7-15(4)5/h10H,6-9H2,1-5H3,(H,13,14). The van der Waals surface area contributed by atoms with Crippen molar-refractivity contribution >= 4 is 16.9 Å². The van der Waals surface area contributed by atoms with Crippen LogP contribution in [-0.2, 0) is 0 Å². The summed E-state index contributed by atoms with van der Waals surface area (Å²) in [5.41, 5.74) is 0.409. The normalized spacial score (nSPS) is 21.4. The summed E-state index contributed by atoms with van der Waals surface area (Å²) in [4.78, 5) is 6.73. The maximum Gasteiger partial charge on any atom is 0.156 e. The van der Waals surface area contributed by atoms with E-state index in [1.165, 1.54) is 6.42 Å². The molecule has 0 amide bonds. The maximum atomic E-state index is 4.55. The quantitative estimate of drug-likeness (QED) is 0.819. The van der Waals surface area contributed by atoms with E-state index < -0.39 is 0 Å². The molecule has 1 atom stereocenters. The number of likely N-dealkylation sites (N-methyl/N-ethyl adjacent to an activating group) is 1. The second kappa shape index (κ2) is 5.92. The monoisotopic (exact) mass is 243 g/mol. The summed E-state index contributed by atoms with van der Waals surface area (Å²) in [6.07, 6.45) is 1.24. The fourth-order valence-corrected chi connectivity index (χ4v) is 3.07. The van der Waals surface area contributed by atoms with Crippen LogP contribution in [0.25, 0.3) is 0 Å². The highest BCUT2D eigenvalue weighted by Gasteiger charge is 2.24. The molecule has 0 radical (unpaired) electrons. The van der Waals surface area contributed by atoms with Crippen LogP contribution in [-0.4, -0.2) is 49.0 Å². The molecule has 0 aromatic carbocycles. The Kier molecular flexibility index (Phi) is 5.12. The minimum absolute atomic E-state index is 0.409. The molecule has 94 valence electrons. The zero-order valence-corrected chi connectivity index (χ0v) is 12.0. The van der Waals surface area contributed by atoms with Gasteiger partial charge in [-0.05, 0) is 25.9 Å². The molecule has 0 bridgehead atoms. The molecule has 0 fully saturated rings. The van der Waals surface area contributed by atoms with Gasteiger partial charge in [-0.1, -0.05) is 32.5 Å². The Labute approximate surface area is 104 Å². The van der Waals surface area contributed by atoms with Crippen molar-refractivity contribution in [3.63, 3.8) is 0 Å². The SMILES string of the molecule is CN(C)CCNC1=NCC(CC(C)(C)C)S1. The fraction of sp³-hybridized carbons (Fsp3) is 0.917. The van der Waals surface area contributed by atoms with E-state index >= 15 is 0 Å². The third kappa shape index (κ3) is 5.75. The number of hydrogen-bond donors (Lipinski definition) is 1. The van der Waals surface area contributed by atoms with Crippen molar-refractivity contribution in [1.29, 1.82) is 0 Å². The third-order valence-corrected chi connectivity index (χ3v) is 3.54. The van der Waals surface area contributed by atoms with E-state index in [1.807, 2.05) is 11.8 Å². The van der Waals surface area contributed by atoms with E-state index in [1.54, 1.807) is 0 Å². The van der Waals surface area contributed by atoms with Crippen LogP contribution in [0.3, 0.4) is 0 Å². The third-order valence-electron chi connectivity index (χ3n) is 2.39. The number of aliphatic imine (C=N–C) groups is 1. The molecule has 3 nitrogen and oxygen atoms in total. The average molecular weight is 243 g/mol. The van der Waals surface area contributed by atoms with Gasteiger partial charge in [0.05, 0.1) is 6.54 Å². The Bertz CT molecular complexity index is 243. The molecular weight excluding hydrogens is 218 g/mol. The average Bonchev–Trinajstić information content (AvgIpc) is 2.48. The first-order valence-electron chi connectivity index (χ1n) is 5.96. The first kappa shape index (κ1) is 13.8. The predicted octanol–water partition coefficient (Wildman–Crippen LogP) is 2.05. The van der Waals surface area contributed by atoms with Gasteiger partial charge in [0.2, 0.25) is 0 Å². The second-order valence-electron chi connectivity index (χ2n) is 5.88. The molecule has 16 heavy (non-hydrogen) atoms. The van der Waals surface area contributed by atoms with Crippen molar-refractivity contribution in [1.82, 2.24) is 10.2 Å². The molecule has 1 rings (SSSR count). The van der Waals surface area contributed by atoms with Gasteiger partial charge in [-0.25, -0.2) is 0 Å². The number of amidine groups is 1. The number of nitrogens with one attached hydrogen (secondary N) is 1. The molecular formula is C12H25N3S. The smallest absolute Gasteiger partial charge is 0.156 e. The molecule has 4 heteroatoms. The highest BCUT2D eigenvalue weighted by atomic mass is 32.2. The van der Waals surface area contributed by atoms with Crippen molar-refractivity contribution in [2.45, 2.75) is 32.4 Å². The van der Waals surface area contributed by atoms with E-state index in [-0.39, 0.29) is 0 Å². The van der Waals surface area contributed by atoms with Gasteiger partial charge in [0.15, 0.2) is 5.17 Å². The Morgan fingerprint density at radius 1 is 1.44 bits per heavy atom. The minimum Gasteiger partial charge on any atom is -0.364 e. The first-order valence-corrected chi connectivity index (χ1v) is 6.84. The van der Waals surface area contributed by atoms with Gasteiger partial charge in [0.1, 0.15) is 0 Å². The van der Waals surface area contributed by atoms with Gasteiger partial charge >= 0.3 is 0 Å². The number of thioether (sulfide) groups is 1. The Hall–Kier alpha value is -0.220. The summed E-state index contributed by atoms with van der Waals surface area (Å²) in [7, 11) is 4.18. The highest BCUT2D eigenvalue weighted by molar-refractivity contribution is 8.14. The largest absolute Gasteiger partial charge is 0.364 e. The molecule has 0 aliphatic carbocycles. The van der Waals surface area contributed by atoms with E-state index in [2.05, 4.69) is 50.1 Å². The fourth-order valence-electron chi connectivity index (χ4n) is 1.69. The summed E-state index contributed by atoms with van der Waals surface area (Å²) >= 11 is 1.91. The van der Waals surface area contributed by atoms with Crippen molar-refractivity contribution in [3.05, 3.63) is 0 Å². The van der Waals surface area contributed by atoms with Crippen molar-refractivity contribution in [3.8, 4) is 0 Å². The minimum atomic E-state index is 0.409. The van der Waals surface area contributed by atoms with Crippen LogP contribution in [0.2, 0.25) is 0 Å². The topological polar surface area (TPSA) is 27.6 Å². The Morgan fingerprint density at radius 3 is 2.69 bits per heavy atom. The Balaban J connectivity index is 2.19. The van der Waals surface area contributed by atoms with Gasteiger partial charge in [-0.15, -0.1) is 0 Å². The lowest BCUT2D eigenvalue weighted by molar-refractivity contribution is 0.375. The second-order valence-corrected chi connectivity index (χ2v) is 7.17. The summed E-state index contributed by atoms with van der Waals surface area (Å²) in [6.45, 7) is 9.91. The lowest BCUT2D eigenvalue weighted by atomic mass is 9.90. The van der Waals surface area contributed by atoms with Gasteiger partial charge in [-0.2, -0.15) is 0 Å². The van der Waals surface area contributed by atoms with Gasteiger partial charge in [0.25, 0.3) is 0 Å². The molecule has 1 aliphatic heterocycles. The lowest BCUT2D eigenvalue weighted by Crippen LogP contribution is -2.29. The summed E-state index contributed by atoms with van der Waals surface area (Å²) < 4.78 is 0. The zero-order valence-electron chi connectivity index (χ0n) is 11.2. The van der Waals surface area contributed by atoms with E-state index in [0.29, 0.717) is 10.7 Å². The summed E-state index contributed by atoms with van der Waals surface area (Å²) in [6, 6.07) is 0. The molecule has 0 saturated heterocycles. The summed E-state index contributed by atoms with van der Waals surface area (Å²) in [5.74, 6) is 0. The molecule has 1 N–H and O–H groups in total. The van der Waals surface area contributed by atoms with Crippen molar-refractivity contribution < 1.29 is 0 Å². The molecule has 0 saturated carbocycles. The molecule has 1 unspecified atom stereocenters. The van der Waals surface area contributed by atoms with Crippen molar-refractivity contribution in [2.24, 2.45) is 10.4 Å². The predicted molar refractivity (Wildman–Crippen MR) is 74.3 cm³/mol. The van der Waals surface area contributed by atoms with Gasteiger partial charge in [0, 0.05) is 18.3 Å². The zero-order chi connectivity index (χ0) is 12.2. The molecule has 0 spiro atoms. The van der Waals surface area contributed by atoms with Crippen LogP contribution in [0.1, 0.15) is 27.2 Å². The number of nitrogens with zero attached hydrogens (tertiary/aromatic N) is 2. The van der Waals surface area contributed by atoms with Crippen LogP contribution >= 0.6 is 11.8 Å². The van der Waals surface area contributed by atoms with Crippen LogP contribution in [0.5, 0.6) is 0 Å². The lowest BCUT2D eigenvalue weighted by Gasteiger charge is -2.21. The molecule has 1 aliphatic rings. The maximum absolute atomic E-state index is 4.55. The van der Waals surface area contributed by atoms with Crippen molar-refractivity contribution in [2.75, 3.05) is 33.7 Å². The van der Waals surface area contributed by atoms with E-state index in [4.69, 9.17) is 0 Å². The van der Waals surface area contributed by atoms with Crippen LogP contribution in [0.4, 0.5) is 0 Å². The summed E-state index contributed by atoms with van der Waals surface area (Å²) in [5, 5.41) is 5.20. The van der Waals surface area contributed by atoms with Crippen LogP contribution in [0.15, 0.2) is 4.99 Å². The van der Waals surface area contributed by atoms with E-state index in [0.717, 1.165) is 24.8 Å². The molecule has 1 heterocycles. The van der Waals surface area contributed by atoms with Crippen LogP contribution < -0.4 is 5.32 Å². The number of hydrogen-bond acceptors (Lipinski definition) is 4. The van der Waals surface area contributed by atoms with Gasteiger partial charge < -0.3 is 10.2 Å².